The van der Waals surface area contributed by atoms with Crippen LogP contribution in [-0.4, -0.2) is 34.0 Å². The summed E-state index contributed by atoms with van der Waals surface area (Å²) in [6, 6.07) is 0. The first-order valence-electron chi connectivity index (χ1n) is 3.07. The Kier molecular flexibility index (Phi) is 1.82. The van der Waals surface area contributed by atoms with E-state index in [0.717, 1.165) is 0 Å². The second kappa shape index (κ2) is 2.48. The van der Waals surface area contributed by atoms with E-state index in [1.165, 1.54) is 0 Å². The van der Waals surface area contributed by atoms with Gasteiger partial charge in [-0.3, -0.25) is 9.59 Å². The summed E-state index contributed by atoms with van der Waals surface area (Å²) in [6.07, 6.45) is -2.00. The monoisotopic (exact) mass is 144 g/mol. The molecule has 4 heteroatoms. The zero-order chi connectivity index (χ0) is 7.72. The van der Waals surface area contributed by atoms with Crippen molar-refractivity contribution in [1.82, 2.24) is 0 Å². The summed E-state index contributed by atoms with van der Waals surface area (Å²) < 4.78 is 0. The van der Waals surface area contributed by atoms with Crippen molar-refractivity contribution in [3.63, 3.8) is 0 Å². The first kappa shape index (κ1) is 7.37. The molecule has 0 aromatic rings. The maximum atomic E-state index is 10.6. The Hall–Kier alpha value is -0.740. The van der Waals surface area contributed by atoms with Crippen molar-refractivity contribution < 1.29 is 19.8 Å². The summed E-state index contributed by atoms with van der Waals surface area (Å²) in [4.78, 5) is 21.2. The number of carbonyl (C=O) groups is 2. The highest BCUT2D eigenvalue weighted by atomic mass is 16.3. The molecule has 0 aromatic carbocycles. The minimum absolute atomic E-state index is 0.186. The Morgan fingerprint density at radius 3 is 1.60 bits per heavy atom. The summed E-state index contributed by atoms with van der Waals surface area (Å²) in [7, 11) is 0. The van der Waals surface area contributed by atoms with Crippen LogP contribution in [0.5, 0.6) is 0 Å². The molecule has 1 saturated carbocycles. The van der Waals surface area contributed by atoms with Crippen LogP contribution in [0.1, 0.15) is 12.8 Å². The Morgan fingerprint density at radius 1 is 1.00 bits per heavy atom. The van der Waals surface area contributed by atoms with E-state index in [-0.39, 0.29) is 12.8 Å². The summed E-state index contributed by atoms with van der Waals surface area (Å²) in [5, 5.41) is 17.6. The highest BCUT2D eigenvalue weighted by Gasteiger charge is 2.34. The molecule has 1 aliphatic rings. The van der Waals surface area contributed by atoms with Crippen molar-refractivity contribution in [1.29, 1.82) is 0 Å². The fraction of sp³-hybridized carbons (Fsp3) is 0.667. The van der Waals surface area contributed by atoms with Crippen LogP contribution >= 0.6 is 0 Å². The summed E-state index contributed by atoms with van der Waals surface area (Å²) in [5.74, 6) is -1.72. The molecule has 0 bridgehead atoms. The normalized spacial score (nSPS) is 34.6. The lowest BCUT2D eigenvalue weighted by Crippen LogP contribution is -2.41. The Bertz CT molecular complexity index is 155. The maximum Gasteiger partial charge on any atom is 0.229 e. The number of aliphatic hydroxyl groups excluding tert-OH is 2. The number of hydrogen-bond acceptors (Lipinski definition) is 4. The van der Waals surface area contributed by atoms with E-state index >= 15 is 0 Å². The molecule has 0 amide bonds. The maximum absolute atomic E-state index is 10.6. The first-order chi connectivity index (χ1) is 4.63. The van der Waals surface area contributed by atoms with Gasteiger partial charge in [-0.2, -0.15) is 0 Å². The fourth-order valence-corrected chi connectivity index (χ4v) is 0.906. The first-order valence-corrected chi connectivity index (χ1v) is 3.07. The molecule has 2 atom stereocenters. The van der Waals surface area contributed by atoms with Crippen molar-refractivity contribution in [2.45, 2.75) is 25.0 Å². The van der Waals surface area contributed by atoms with Crippen LogP contribution in [0.3, 0.4) is 0 Å². The van der Waals surface area contributed by atoms with E-state index < -0.39 is 23.8 Å². The van der Waals surface area contributed by atoms with Gasteiger partial charge in [0.25, 0.3) is 0 Å². The topological polar surface area (TPSA) is 74.6 Å². The Morgan fingerprint density at radius 2 is 1.30 bits per heavy atom. The number of rotatable bonds is 0. The zero-order valence-corrected chi connectivity index (χ0v) is 5.28. The fourth-order valence-electron chi connectivity index (χ4n) is 0.906. The van der Waals surface area contributed by atoms with Crippen molar-refractivity contribution in [3.8, 4) is 0 Å². The number of aliphatic hydroxyl groups is 2. The van der Waals surface area contributed by atoms with Gasteiger partial charge in [0, 0.05) is 0 Å². The van der Waals surface area contributed by atoms with Crippen LogP contribution in [0.4, 0.5) is 0 Å². The average Bonchev–Trinajstić information content (AvgIpc) is 1.93. The molecule has 0 saturated heterocycles. The Labute approximate surface area is 57.5 Å². The highest BCUT2D eigenvalue weighted by molar-refractivity contribution is 6.40. The minimum Gasteiger partial charge on any atom is -0.385 e. The van der Waals surface area contributed by atoms with Gasteiger partial charge in [0.05, 0.1) is 0 Å². The van der Waals surface area contributed by atoms with Crippen LogP contribution in [0.15, 0.2) is 0 Å². The zero-order valence-electron chi connectivity index (χ0n) is 5.28. The molecule has 1 rings (SSSR count). The van der Waals surface area contributed by atoms with E-state index in [4.69, 9.17) is 10.2 Å². The van der Waals surface area contributed by atoms with Gasteiger partial charge in [-0.25, -0.2) is 0 Å². The summed E-state index contributed by atoms with van der Waals surface area (Å²) in [6.45, 7) is 0. The lowest BCUT2D eigenvalue weighted by Gasteiger charge is -2.18. The van der Waals surface area contributed by atoms with Gasteiger partial charge in [-0.1, -0.05) is 0 Å². The van der Waals surface area contributed by atoms with Gasteiger partial charge in [-0.15, -0.1) is 0 Å². The van der Waals surface area contributed by atoms with Crippen LogP contribution in [0, 0.1) is 0 Å². The molecule has 1 fully saturated rings. The lowest BCUT2D eigenvalue weighted by molar-refractivity contribution is -0.149. The highest BCUT2D eigenvalue weighted by Crippen LogP contribution is 2.11. The molecule has 1 aliphatic carbocycles. The smallest absolute Gasteiger partial charge is 0.229 e. The summed E-state index contributed by atoms with van der Waals surface area (Å²) >= 11 is 0. The molecule has 0 radical (unpaired) electrons. The van der Waals surface area contributed by atoms with Gasteiger partial charge in [0.1, 0.15) is 12.2 Å². The van der Waals surface area contributed by atoms with Crippen LogP contribution < -0.4 is 0 Å². The van der Waals surface area contributed by atoms with Gasteiger partial charge >= 0.3 is 0 Å². The third kappa shape index (κ3) is 1.08. The molecule has 4 nitrogen and oxygen atoms in total. The molecule has 0 spiro atoms. The molecule has 1 unspecified atom stereocenters. The van der Waals surface area contributed by atoms with E-state index in [2.05, 4.69) is 0 Å². The Balaban J connectivity index is 2.70. The van der Waals surface area contributed by atoms with E-state index in [9.17, 15) is 9.59 Å². The predicted octanol–water partition coefficient (Wildman–Crippen LogP) is -1.36. The molecule has 56 valence electrons. The van der Waals surface area contributed by atoms with E-state index in [1.807, 2.05) is 0 Å². The van der Waals surface area contributed by atoms with Crippen molar-refractivity contribution in [3.05, 3.63) is 0 Å². The van der Waals surface area contributed by atoms with Crippen LogP contribution in [0.25, 0.3) is 0 Å². The average molecular weight is 144 g/mol. The molecule has 0 aromatic heterocycles. The van der Waals surface area contributed by atoms with Gasteiger partial charge < -0.3 is 10.2 Å². The second-order valence-electron chi connectivity index (χ2n) is 2.34. The summed E-state index contributed by atoms with van der Waals surface area (Å²) in [5.41, 5.74) is 0. The lowest BCUT2D eigenvalue weighted by atomic mass is 9.93. The van der Waals surface area contributed by atoms with E-state index in [1.54, 1.807) is 0 Å². The van der Waals surface area contributed by atoms with Crippen molar-refractivity contribution in [2.24, 2.45) is 0 Å². The molecular weight excluding hydrogens is 136 g/mol. The molecule has 0 heterocycles. The van der Waals surface area contributed by atoms with Gasteiger partial charge in [0.2, 0.25) is 11.6 Å². The van der Waals surface area contributed by atoms with Gasteiger partial charge in [0.15, 0.2) is 0 Å². The van der Waals surface area contributed by atoms with E-state index in [0.29, 0.717) is 0 Å². The van der Waals surface area contributed by atoms with Crippen molar-refractivity contribution >= 4 is 11.6 Å². The minimum atomic E-state index is -1.18. The van der Waals surface area contributed by atoms with Gasteiger partial charge in [-0.05, 0) is 12.8 Å². The SMILES string of the molecule is O=C1C(=O)[C@H](O)CCC1O. The molecule has 2 N–H and O–H groups in total. The third-order valence-electron chi connectivity index (χ3n) is 1.56. The third-order valence-corrected chi connectivity index (χ3v) is 1.56. The molecule has 10 heavy (non-hydrogen) atoms. The number of hydrogen-bond donors (Lipinski definition) is 2. The quantitative estimate of drug-likeness (QED) is 0.412. The predicted molar refractivity (Wildman–Crippen MR) is 31.3 cm³/mol. The van der Waals surface area contributed by atoms with Crippen LogP contribution in [0.2, 0.25) is 0 Å². The standard InChI is InChI=1S/C6H8O4/c7-3-1-2-4(8)6(10)5(3)9/h3-4,7-8H,1-2H2/t3-,4?/m1/s1. The number of ketones is 2. The second-order valence-corrected chi connectivity index (χ2v) is 2.34. The largest absolute Gasteiger partial charge is 0.385 e. The molecular formula is C6H8O4. The number of Topliss-reactive ketones (excluding diaryl/α,β-unsaturated/α-hetero) is 2. The van der Waals surface area contributed by atoms with Crippen molar-refractivity contribution in [2.75, 3.05) is 0 Å². The molecule has 0 aliphatic heterocycles. The number of carbonyl (C=O) groups excluding carboxylic acids is 2. The van der Waals surface area contributed by atoms with Crippen LogP contribution in [-0.2, 0) is 9.59 Å².